The van der Waals surface area contributed by atoms with Gasteiger partial charge in [0.25, 0.3) is 0 Å². The number of ether oxygens (including phenoxy) is 1. The molecule has 1 amide bonds. The fourth-order valence-corrected chi connectivity index (χ4v) is 3.13. The lowest BCUT2D eigenvalue weighted by Gasteiger charge is -2.42. The summed E-state index contributed by atoms with van der Waals surface area (Å²) < 4.78 is 58.1. The van der Waals surface area contributed by atoms with Crippen molar-refractivity contribution in [2.45, 2.75) is 38.6 Å². The highest BCUT2D eigenvalue weighted by atomic mass is 19.4. The summed E-state index contributed by atoms with van der Waals surface area (Å²) in [6.45, 7) is 5.76. The van der Waals surface area contributed by atoms with Crippen LogP contribution in [0.4, 0.5) is 28.3 Å². The van der Waals surface area contributed by atoms with E-state index in [-0.39, 0.29) is 25.6 Å². The van der Waals surface area contributed by atoms with Gasteiger partial charge < -0.3 is 14.5 Å². The first kappa shape index (κ1) is 21.8. The van der Waals surface area contributed by atoms with Crippen LogP contribution in [0.5, 0.6) is 0 Å². The summed E-state index contributed by atoms with van der Waals surface area (Å²) in [5.74, 6) is -0.552. The van der Waals surface area contributed by atoms with Gasteiger partial charge in [-0.3, -0.25) is 0 Å². The monoisotopic (exact) mass is 426 g/mol. The first-order valence-corrected chi connectivity index (χ1v) is 9.34. The van der Waals surface area contributed by atoms with Crippen molar-refractivity contribution in [1.82, 2.24) is 14.9 Å². The largest absolute Gasteiger partial charge is 0.444 e. The van der Waals surface area contributed by atoms with E-state index in [0.29, 0.717) is 5.56 Å². The Kier molecular flexibility index (Phi) is 5.87. The second-order valence-corrected chi connectivity index (χ2v) is 7.93. The molecule has 3 rings (SSSR count). The summed E-state index contributed by atoms with van der Waals surface area (Å²) in [6.07, 6.45) is -4.09. The van der Waals surface area contributed by atoms with Crippen LogP contribution in [-0.2, 0) is 10.9 Å². The van der Waals surface area contributed by atoms with Crippen LogP contribution >= 0.6 is 0 Å². The SMILES string of the molecule is CC(C)(C)OC(=O)N1CCN(c2nccc(C(F)(F)F)n2)C(c2ccc(F)cc2)C1. The first-order chi connectivity index (χ1) is 13.9. The Morgan fingerprint density at radius 3 is 2.37 bits per heavy atom. The Morgan fingerprint density at radius 2 is 1.77 bits per heavy atom. The van der Waals surface area contributed by atoms with Gasteiger partial charge in [0.15, 0.2) is 0 Å². The summed E-state index contributed by atoms with van der Waals surface area (Å²) in [6, 6.07) is 5.79. The van der Waals surface area contributed by atoms with E-state index in [1.165, 1.54) is 29.2 Å². The molecule has 6 nitrogen and oxygen atoms in total. The summed E-state index contributed by atoms with van der Waals surface area (Å²) >= 11 is 0. The zero-order valence-electron chi connectivity index (χ0n) is 16.8. The lowest BCUT2D eigenvalue weighted by molar-refractivity contribution is -0.141. The Hall–Kier alpha value is -2.91. The normalized spacial score (nSPS) is 17.8. The molecule has 0 N–H and O–H groups in total. The molecule has 2 aromatic rings. The van der Waals surface area contributed by atoms with Gasteiger partial charge in [0.05, 0.1) is 6.04 Å². The van der Waals surface area contributed by atoms with Gasteiger partial charge in [-0.05, 0) is 44.5 Å². The number of carbonyl (C=O) groups is 1. The van der Waals surface area contributed by atoms with Crippen molar-refractivity contribution in [1.29, 1.82) is 0 Å². The molecule has 0 saturated carbocycles. The maximum atomic E-state index is 13.4. The topological polar surface area (TPSA) is 58.6 Å². The molecule has 1 fully saturated rings. The molecule has 1 aliphatic rings. The van der Waals surface area contributed by atoms with Crippen LogP contribution in [0.3, 0.4) is 0 Å². The predicted molar refractivity (Wildman–Crippen MR) is 101 cm³/mol. The molecule has 1 aromatic heterocycles. The number of rotatable bonds is 2. The average Bonchev–Trinajstić information content (AvgIpc) is 2.66. The Bertz CT molecular complexity index is 897. The number of hydrogen-bond acceptors (Lipinski definition) is 5. The van der Waals surface area contributed by atoms with Crippen LogP contribution in [0.15, 0.2) is 36.5 Å². The zero-order valence-corrected chi connectivity index (χ0v) is 16.8. The third kappa shape index (κ3) is 5.17. The second-order valence-electron chi connectivity index (χ2n) is 7.93. The van der Waals surface area contributed by atoms with Gasteiger partial charge in [0, 0.05) is 25.8 Å². The lowest BCUT2D eigenvalue weighted by atomic mass is 10.0. The molecule has 10 heteroatoms. The number of piperazine rings is 1. The van der Waals surface area contributed by atoms with Crippen LogP contribution in [0.2, 0.25) is 0 Å². The molecule has 1 saturated heterocycles. The van der Waals surface area contributed by atoms with Gasteiger partial charge in [-0.15, -0.1) is 0 Å². The van der Waals surface area contributed by atoms with Crippen LogP contribution < -0.4 is 4.90 Å². The summed E-state index contributed by atoms with van der Waals surface area (Å²) in [5.41, 5.74) is -1.13. The van der Waals surface area contributed by atoms with Crippen LogP contribution in [-0.4, -0.2) is 46.2 Å². The minimum Gasteiger partial charge on any atom is -0.444 e. The number of hydrogen-bond donors (Lipinski definition) is 0. The number of alkyl halides is 3. The van der Waals surface area contributed by atoms with Crippen molar-refractivity contribution in [3.05, 3.63) is 53.6 Å². The summed E-state index contributed by atoms with van der Waals surface area (Å²) in [7, 11) is 0. The van der Waals surface area contributed by atoms with Gasteiger partial charge in [-0.1, -0.05) is 12.1 Å². The molecular formula is C20H22F4N4O2. The Balaban J connectivity index is 1.93. The van der Waals surface area contributed by atoms with Gasteiger partial charge >= 0.3 is 12.3 Å². The van der Waals surface area contributed by atoms with Crippen molar-refractivity contribution in [2.75, 3.05) is 24.5 Å². The van der Waals surface area contributed by atoms with Crippen molar-refractivity contribution in [3.63, 3.8) is 0 Å². The van der Waals surface area contributed by atoms with E-state index in [4.69, 9.17) is 4.74 Å². The quantitative estimate of drug-likeness (QED) is 0.665. The summed E-state index contributed by atoms with van der Waals surface area (Å²) in [4.78, 5) is 23.3. The molecule has 0 aliphatic carbocycles. The maximum Gasteiger partial charge on any atom is 0.433 e. The molecule has 1 aromatic carbocycles. The molecule has 0 spiro atoms. The fraction of sp³-hybridized carbons (Fsp3) is 0.450. The highest BCUT2D eigenvalue weighted by Crippen LogP contribution is 2.32. The summed E-state index contributed by atoms with van der Waals surface area (Å²) in [5, 5.41) is 0. The van der Waals surface area contributed by atoms with Gasteiger partial charge in [0.1, 0.15) is 17.1 Å². The number of anilines is 1. The smallest absolute Gasteiger partial charge is 0.433 e. The molecule has 1 atom stereocenters. The number of halogens is 4. The average molecular weight is 426 g/mol. The van der Waals surface area contributed by atoms with Crippen LogP contribution in [0.1, 0.15) is 38.1 Å². The third-order valence-electron chi connectivity index (χ3n) is 4.48. The molecule has 1 unspecified atom stereocenters. The van der Waals surface area contributed by atoms with E-state index < -0.39 is 35.4 Å². The lowest BCUT2D eigenvalue weighted by Crippen LogP contribution is -2.52. The van der Waals surface area contributed by atoms with E-state index in [0.717, 1.165) is 12.3 Å². The van der Waals surface area contributed by atoms with Crippen LogP contribution in [0.25, 0.3) is 0 Å². The van der Waals surface area contributed by atoms with Gasteiger partial charge in [-0.2, -0.15) is 13.2 Å². The Labute approximate surface area is 171 Å². The first-order valence-electron chi connectivity index (χ1n) is 9.34. The Morgan fingerprint density at radius 1 is 1.10 bits per heavy atom. The minimum atomic E-state index is -4.61. The molecule has 0 radical (unpaired) electrons. The molecule has 2 heterocycles. The third-order valence-corrected chi connectivity index (χ3v) is 4.48. The standard InChI is InChI=1S/C20H22F4N4O2/c1-19(2,3)30-18(29)27-10-11-28(15(12-27)13-4-6-14(21)7-5-13)17-25-9-8-16(26-17)20(22,23)24/h4-9,15H,10-12H2,1-3H3. The minimum absolute atomic E-state index is 0.108. The van der Waals surface area contributed by atoms with E-state index in [9.17, 15) is 22.4 Å². The van der Waals surface area contributed by atoms with Crippen molar-refractivity contribution >= 4 is 12.0 Å². The second kappa shape index (κ2) is 8.08. The van der Waals surface area contributed by atoms with E-state index in [1.807, 2.05) is 0 Å². The number of amides is 1. The van der Waals surface area contributed by atoms with E-state index in [1.54, 1.807) is 25.7 Å². The van der Waals surface area contributed by atoms with Crippen molar-refractivity contribution in [3.8, 4) is 0 Å². The molecular weight excluding hydrogens is 404 g/mol. The van der Waals surface area contributed by atoms with Crippen molar-refractivity contribution in [2.24, 2.45) is 0 Å². The van der Waals surface area contributed by atoms with Gasteiger partial charge in [0.2, 0.25) is 5.95 Å². The highest BCUT2D eigenvalue weighted by Gasteiger charge is 2.37. The van der Waals surface area contributed by atoms with E-state index >= 15 is 0 Å². The molecule has 0 bridgehead atoms. The van der Waals surface area contributed by atoms with Gasteiger partial charge in [-0.25, -0.2) is 19.2 Å². The highest BCUT2D eigenvalue weighted by molar-refractivity contribution is 5.68. The number of aromatic nitrogens is 2. The molecule has 30 heavy (non-hydrogen) atoms. The van der Waals surface area contributed by atoms with Crippen LogP contribution in [0, 0.1) is 5.82 Å². The maximum absolute atomic E-state index is 13.4. The predicted octanol–water partition coefficient (Wildman–Crippen LogP) is 4.43. The van der Waals surface area contributed by atoms with E-state index in [2.05, 4.69) is 9.97 Å². The zero-order chi connectivity index (χ0) is 22.1. The molecule has 162 valence electrons. The number of carbonyl (C=O) groups excluding carboxylic acids is 1. The number of benzene rings is 1. The van der Waals surface area contributed by atoms with Crippen molar-refractivity contribution < 1.29 is 27.1 Å². The number of nitrogens with zero attached hydrogens (tertiary/aromatic N) is 4. The fourth-order valence-electron chi connectivity index (χ4n) is 3.13. The molecule has 1 aliphatic heterocycles.